The summed E-state index contributed by atoms with van der Waals surface area (Å²) in [7, 11) is 0. The fourth-order valence-electron chi connectivity index (χ4n) is 1.05. The molecule has 0 unspecified atom stereocenters. The maximum absolute atomic E-state index is 12.9. The van der Waals surface area contributed by atoms with Gasteiger partial charge in [0.25, 0.3) is 0 Å². The molecule has 1 aromatic rings. The highest BCUT2D eigenvalue weighted by Gasteiger charge is 2.21. The van der Waals surface area contributed by atoms with Gasteiger partial charge in [0.2, 0.25) is 5.91 Å². The van der Waals surface area contributed by atoms with Gasteiger partial charge in [0.1, 0.15) is 5.82 Å². The highest BCUT2D eigenvalue weighted by atomic mass is 19.1. The van der Waals surface area contributed by atoms with Crippen molar-refractivity contribution in [1.82, 2.24) is 0 Å². The van der Waals surface area contributed by atoms with Crippen molar-refractivity contribution in [3.63, 3.8) is 0 Å². The molecule has 0 aliphatic heterocycles. The van der Waals surface area contributed by atoms with Crippen LogP contribution in [-0.4, -0.2) is 5.91 Å². The van der Waals surface area contributed by atoms with E-state index in [9.17, 15) is 9.18 Å². The summed E-state index contributed by atoms with van der Waals surface area (Å²) < 4.78 is 12.9. The second kappa shape index (κ2) is 4.36. The van der Waals surface area contributed by atoms with E-state index in [2.05, 4.69) is 11.2 Å². The van der Waals surface area contributed by atoms with E-state index in [0.717, 1.165) is 0 Å². The van der Waals surface area contributed by atoms with Gasteiger partial charge in [-0.3, -0.25) is 4.79 Å². The van der Waals surface area contributed by atoms with Crippen LogP contribution in [0.25, 0.3) is 0 Å². The van der Waals surface area contributed by atoms with Crippen molar-refractivity contribution in [2.24, 2.45) is 5.41 Å². The molecule has 1 N–H and O–H groups in total. The molecule has 2 nitrogen and oxygen atoms in total. The lowest BCUT2D eigenvalue weighted by atomic mass is 9.95. The molecule has 0 atom stereocenters. The standard InChI is InChI=1S/C13H14FNO/c1-5-9-8-10(14)6-7-11(9)15-12(16)13(2,3)4/h1,6-8H,2-4H3,(H,15,16). The van der Waals surface area contributed by atoms with E-state index < -0.39 is 11.2 Å². The number of nitrogens with one attached hydrogen (secondary N) is 1. The van der Waals surface area contributed by atoms with Crippen molar-refractivity contribution in [2.75, 3.05) is 5.32 Å². The Morgan fingerprint density at radius 2 is 2.06 bits per heavy atom. The lowest BCUT2D eigenvalue weighted by molar-refractivity contribution is -0.123. The number of anilines is 1. The molecule has 3 heteroatoms. The van der Waals surface area contributed by atoms with E-state index in [0.29, 0.717) is 11.3 Å². The van der Waals surface area contributed by atoms with Crippen LogP contribution < -0.4 is 5.32 Å². The number of rotatable bonds is 1. The zero-order valence-corrected chi connectivity index (χ0v) is 9.60. The Labute approximate surface area is 94.9 Å². The molecular weight excluding hydrogens is 205 g/mol. The third kappa shape index (κ3) is 2.83. The molecule has 0 fully saturated rings. The van der Waals surface area contributed by atoms with Gasteiger partial charge >= 0.3 is 0 Å². The Hall–Kier alpha value is -1.82. The van der Waals surface area contributed by atoms with Gasteiger partial charge in [-0.05, 0) is 18.2 Å². The highest BCUT2D eigenvalue weighted by molar-refractivity contribution is 5.95. The van der Waals surface area contributed by atoms with Crippen molar-refractivity contribution in [2.45, 2.75) is 20.8 Å². The Kier molecular flexibility index (Phi) is 3.34. The number of carbonyl (C=O) groups is 1. The van der Waals surface area contributed by atoms with Crippen LogP contribution in [0.1, 0.15) is 26.3 Å². The molecule has 0 bridgehead atoms. The summed E-state index contributed by atoms with van der Waals surface area (Å²) in [6.45, 7) is 5.38. The Morgan fingerprint density at radius 1 is 1.44 bits per heavy atom. The summed E-state index contributed by atoms with van der Waals surface area (Å²) in [5.41, 5.74) is 0.293. The van der Waals surface area contributed by atoms with Crippen LogP contribution in [0, 0.1) is 23.6 Å². The molecule has 0 spiro atoms. The van der Waals surface area contributed by atoms with E-state index in [1.165, 1.54) is 18.2 Å². The molecule has 0 saturated heterocycles. The fourth-order valence-corrected chi connectivity index (χ4v) is 1.05. The van der Waals surface area contributed by atoms with Crippen molar-refractivity contribution in [3.8, 4) is 12.3 Å². The normalized spacial score (nSPS) is 10.7. The zero-order chi connectivity index (χ0) is 12.3. The molecule has 0 aliphatic carbocycles. The van der Waals surface area contributed by atoms with Gasteiger partial charge in [0.15, 0.2) is 0 Å². The molecule has 16 heavy (non-hydrogen) atoms. The Balaban J connectivity index is 2.99. The number of carbonyl (C=O) groups excluding carboxylic acids is 1. The van der Waals surface area contributed by atoms with Crippen LogP contribution in [0.2, 0.25) is 0 Å². The number of hydrogen-bond donors (Lipinski definition) is 1. The third-order valence-corrected chi connectivity index (χ3v) is 2.07. The van der Waals surface area contributed by atoms with Gasteiger partial charge < -0.3 is 5.32 Å². The minimum absolute atomic E-state index is 0.157. The molecule has 1 rings (SSSR count). The second-order valence-corrected chi connectivity index (χ2v) is 4.54. The zero-order valence-electron chi connectivity index (χ0n) is 9.60. The predicted octanol–water partition coefficient (Wildman–Crippen LogP) is 2.79. The highest BCUT2D eigenvalue weighted by Crippen LogP contribution is 2.20. The van der Waals surface area contributed by atoms with Gasteiger partial charge in [-0.15, -0.1) is 6.42 Å². The van der Waals surface area contributed by atoms with E-state index in [-0.39, 0.29) is 5.91 Å². The number of amides is 1. The average Bonchev–Trinajstić information content (AvgIpc) is 2.19. The van der Waals surface area contributed by atoms with E-state index in [1.807, 2.05) is 0 Å². The molecule has 0 aromatic heterocycles. The first-order valence-electron chi connectivity index (χ1n) is 4.92. The summed E-state index contributed by atoms with van der Waals surface area (Å²) in [6, 6.07) is 3.95. The minimum atomic E-state index is -0.514. The Morgan fingerprint density at radius 3 is 2.56 bits per heavy atom. The summed E-state index contributed by atoms with van der Waals surface area (Å²) in [4.78, 5) is 11.7. The van der Waals surface area contributed by atoms with Crippen molar-refractivity contribution < 1.29 is 9.18 Å². The molecule has 84 valence electrons. The van der Waals surface area contributed by atoms with E-state index in [4.69, 9.17) is 6.42 Å². The average molecular weight is 219 g/mol. The lowest BCUT2D eigenvalue weighted by Gasteiger charge is -2.18. The maximum Gasteiger partial charge on any atom is 0.229 e. The van der Waals surface area contributed by atoms with Gasteiger partial charge in [0.05, 0.1) is 11.3 Å². The van der Waals surface area contributed by atoms with Crippen LogP contribution in [0.3, 0.4) is 0 Å². The number of hydrogen-bond acceptors (Lipinski definition) is 1. The van der Waals surface area contributed by atoms with Crippen LogP contribution in [-0.2, 0) is 4.79 Å². The molecule has 1 amide bonds. The smallest absolute Gasteiger partial charge is 0.229 e. The summed E-state index contributed by atoms with van der Waals surface area (Å²) in [6.07, 6.45) is 5.24. The third-order valence-electron chi connectivity index (χ3n) is 2.07. The van der Waals surface area contributed by atoms with Gasteiger partial charge in [-0.1, -0.05) is 26.7 Å². The van der Waals surface area contributed by atoms with Crippen LogP contribution in [0.15, 0.2) is 18.2 Å². The quantitative estimate of drug-likeness (QED) is 0.723. The van der Waals surface area contributed by atoms with Crippen molar-refractivity contribution in [3.05, 3.63) is 29.6 Å². The summed E-state index contributed by atoms with van der Waals surface area (Å²) >= 11 is 0. The van der Waals surface area contributed by atoms with Crippen LogP contribution >= 0.6 is 0 Å². The van der Waals surface area contributed by atoms with Crippen LogP contribution in [0.5, 0.6) is 0 Å². The first kappa shape index (κ1) is 12.3. The van der Waals surface area contributed by atoms with Crippen molar-refractivity contribution in [1.29, 1.82) is 0 Å². The SMILES string of the molecule is C#Cc1cc(F)ccc1NC(=O)C(C)(C)C. The predicted molar refractivity (Wildman–Crippen MR) is 62.4 cm³/mol. The van der Waals surface area contributed by atoms with Gasteiger partial charge in [0, 0.05) is 5.41 Å². The summed E-state index contributed by atoms with van der Waals surface area (Å²) in [5, 5.41) is 2.68. The van der Waals surface area contributed by atoms with Crippen molar-refractivity contribution >= 4 is 11.6 Å². The first-order chi connectivity index (χ1) is 7.34. The fraction of sp³-hybridized carbons (Fsp3) is 0.308. The molecule has 0 heterocycles. The van der Waals surface area contributed by atoms with Gasteiger partial charge in [-0.25, -0.2) is 4.39 Å². The molecular formula is C13H14FNO. The Bertz CT molecular complexity index is 452. The lowest BCUT2D eigenvalue weighted by Crippen LogP contribution is -2.27. The van der Waals surface area contributed by atoms with E-state index in [1.54, 1.807) is 20.8 Å². The largest absolute Gasteiger partial charge is 0.325 e. The topological polar surface area (TPSA) is 29.1 Å². The number of benzene rings is 1. The molecule has 0 aliphatic rings. The van der Waals surface area contributed by atoms with Crippen LogP contribution in [0.4, 0.5) is 10.1 Å². The monoisotopic (exact) mass is 219 g/mol. The minimum Gasteiger partial charge on any atom is -0.325 e. The first-order valence-corrected chi connectivity index (χ1v) is 4.92. The van der Waals surface area contributed by atoms with Gasteiger partial charge in [-0.2, -0.15) is 0 Å². The molecule has 0 saturated carbocycles. The number of halogens is 1. The molecule has 0 radical (unpaired) electrons. The molecule has 1 aromatic carbocycles. The van der Waals surface area contributed by atoms with E-state index >= 15 is 0 Å². The second-order valence-electron chi connectivity index (χ2n) is 4.54. The maximum atomic E-state index is 12.9. The summed E-state index contributed by atoms with van der Waals surface area (Å²) in [5.74, 6) is 1.77. The number of terminal acetylenes is 1.